The summed E-state index contributed by atoms with van der Waals surface area (Å²) in [6, 6.07) is 6.77. The van der Waals surface area contributed by atoms with Crippen LogP contribution in [0.2, 0.25) is 0 Å². The number of aliphatic hydroxyl groups excluding tert-OH is 1. The maximum atomic E-state index is 10.4. The fourth-order valence-electron chi connectivity index (χ4n) is 4.21. The molecule has 1 aromatic carbocycles. The standard InChI is InChI=1S/C22H38N4O3.2ClH/c1-24(2)19-6-10-25(11-7-19)16-20(27)17-29-21-5-4-18(14-22(21)28-3)15-26-12-8-23-9-13-26;;/h4-5,14,19-20,23,27H,6-13,15-17H2,1-3H3;2*1H. The van der Waals surface area contributed by atoms with Gasteiger partial charge in [0.1, 0.15) is 12.7 Å². The second-order valence-electron chi connectivity index (χ2n) is 8.47. The van der Waals surface area contributed by atoms with Crippen molar-refractivity contribution in [2.24, 2.45) is 0 Å². The molecule has 31 heavy (non-hydrogen) atoms. The third-order valence-corrected chi connectivity index (χ3v) is 6.03. The van der Waals surface area contributed by atoms with E-state index in [2.05, 4.69) is 46.2 Å². The van der Waals surface area contributed by atoms with Gasteiger partial charge in [0, 0.05) is 45.3 Å². The zero-order valence-electron chi connectivity index (χ0n) is 19.1. The van der Waals surface area contributed by atoms with E-state index in [0.717, 1.165) is 64.4 Å². The molecule has 180 valence electrons. The molecule has 2 heterocycles. The van der Waals surface area contributed by atoms with Gasteiger partial charge >= 0.3 is 0 Å². The summed E-state index contributed by atoms with van der Waals surface area (Å²) in [5.41, 5.74) is 1.22. The SMILES string of the molecule is COc1cc(CN2CCNCC2)ccc1OCC(O)CN1CCC(N(C)C)CC1.Cl.Cl. The van der Waals surface area contributed by atoms with Gasteiger partial charge in [0.2, 0.25) is 0 Å². The molecular weight excluding hydrogens is 439 g/mol. The molecule has 7 nitrogen and oxygen atoms in total. The third kappa shape index (κ3) is 8.92. The number of rotatable bonds is 9. The Balaban J connectivity index is 0.00000240. The number of halogens is 2. The van der Waals surface area contributed by atoms with Crippen molar-refractivity contribution < 1.29 is 14.6 Å². The summed E-state index contributed by atoms with van der Waals surface area (Å²) >= 11 is 0. The number of piperidine rings is 1. The van der Waals surface area contributed by atoms with Gasteiger partial charge in [-0.05, 0) is 57.7 Å². The van der Waals surface area contributed by atoms with Crippen LogP contribution in [0, 0.1) is 0 Å². The van der Waals surface area contributed by atoms with Gasteiger partial charge in [0.25, 0.3) is 0 Å². The van der Waals surface area contributed by atoms with E-state index in [1.807, 2.05) is 6.07 Å². The lowest BCUT2D eigenvalue weighted by Crippen LogP contribution is -2.45. The lowest BCUT2D eigenvalue weighted by Gasteiger charge is -2.35. The van der Waals surface area contributed by atoms with Gasteiger partial charge in [0.05, 0.1) is 7.11 Å². The Kier molecular flexibility index (Phi) is 13.1. The number of nitrogens with zero attached hydrogens (tertiary/aromatic N) is 3. The number of methoxy groups -OCH3 is 1. The Hall–Kier alpha value is -0.800. The highest BCUT2D eigenvalue weighted by Crippen LogP contribution is 2.29. The summed E-state index contributed by atoms with van der Waals surface area (Å²) in [7, 11) is 5.96. The number of aliphatic hydroxyl groups is 1. The van der Waals surface area contributed by atoms with E-state index in [9.17, 15) is 5.11 Å². The van der Waals surface area contributed by atoms with Crippen LogP contribution in [-0.4, -0.2) is 106 Å². The lowest BCUT2D eigenvalue weighted by molar-refractivity contribution is 0.0499. The highest BCUT2D eigenvalue weighted by molar-refractivity contribution is 5.85. The van der Waals surface area contributed by atoms with Crippen LogP contribution in [0.3, 0.4) is 0 Å². The fraction of sp³-hybridized carbons (Fsp3) is 0.727. The Bertz CT molecular complexity index is 625. The molecule has 2 saturated heterocycles. The van der Waals surface area contributed by atoms with E-state index in [1.165, 1.54) is 5.56 Å². The molecule has 0 amide bonds. The minimum absolute atomic E-state index is 0. The predicted octanol–water partition coefficient (Wildman–Crippen LogP) is 1.71. The van der Waals surface area contributed by atoms with Crippen LogP contribution in [0.15, 0.2) is 18.2 Å². The molecule has 2 aliphatic heterocycles. The smallest absolute Gasteiger partial charge is 0.161 e. The van der Waals surface area contributed by atoms with Crippen molar-refractivity contribution >= 4 is 24.8 Å². The molecule has 9 heteroatoms. The van der Waals surface area contributed by atoms with E-state index in [4.69, 9.17) is 9.47 Å². The van der Waals surface area contributed by atoms with Crippen LogP contribution in [0.25, 0.3) is 0 Å². The molecule has 1 atom stereocenters. The summed E-state index contributed by atoms with van der Waals surface area (Å²) < 4.78 is 11.4. The molecule has 3 rings (SSSR count). The van der Waals surface area contributed by atoms with Crippen LogP contribution in [0.1, 0.15) is 18.4 Å². The normalized spacial score (nSPS) is 19.4. The number of benzene rings is 1. The van der Waals surface area contributed by atoms with Crippen molar-refractivity contribution in [3.05, 3.63) is 23.8 Å². The highest BCUT2D eigenvalue weighted by Gasteiger charge is 2.22. The van der Waals surface area contributed by atoms with E-state index in [1.54, 1.807) is 7.11 Å². The fourth-order valence-corrected chi connectivity index (χ4v) is 4.21. The van der Waals surface area contributed by atoms with Crippen LogP contribution in [-0.2, 0) is 6.54 Å². The molecule has 2 N–H and O–H groups in total. The van der Waals surface area contributed by atoms with Gasteiger partial charge < -0.3 is 29.7 Å². The Labute approximate surface area is 199 Å². The van der Waals surface area contributed by atoms with E-state index in [-0.39, 0.29) is 31.4 Å². The van der Waals surface area contributed by atoms with E-state index < -0.39 is 6.10 Å². The zero-order valence-corrected chi connectivity index (χ0v) is 20.7. The minimum Gasteiger partial charge on any atom is -0.493 e. The first-order valence-corrected chi connectivity index (χ1v) is 10.8. The summed E-state index contributed by atoms with van der Waals surface area (Å²) in [6.07, 6.45) is 1.81. The van der Waals surface area contributed by atoms with Gasteiger partial charge in [-0.2, -0.15) is 0 Å². The topological polar surface area (TPSA) is 60.4 Å². The number of hydrogen-bond donors (Lipinski definition) is 2. The molecule has 2 aliphatic rings. The van der Waals surface area contributed by atoms with Crippen molar-refractivity contribution in [1.29, 1.82) is 0 Å². The predicted molar refractivity (Wildman–Crippen MR) is 130 cm³/mol. The van der Waals surface area contributed by atoms with Gasteiger partial charge in [-0.15, -0.1) is 24.8 Å². The number of hydrogen-bond acceptors (Lipinski definition) is 7. The Morgan fingerprint density at radius 1 is 1.06 bits per heavy atom. The summed E-state index contributed by atoms with van der Waals surface area (Å²) in [5, 5.41) is 13.8. The molecular formula is C22H40Cl2N4O3. The number of β-amino-alcohol motifs (C(OH)–C–C–N with tert-alkyl or cyclic N) is 1. The second kappa shape index (κ2) is 14.4. The van der Waals surface area contributed by atoms with Crippen LogP contribution >= 0.6 is 24.8 Å². The van der Waals surface area contributed by atoms with Crippen molar-refractivity contribution in [3.8, 4) is 11.5 Å². The van der Waals surface area contributed by atoms with Crippen LogP contribution < -0.4 is 14.8 Å². The number of ether oxygens (including phenoxy) is 2. The lowest BCUT2D eigenvalue weighted by atomic mass is 10.0. The average Bonchev–Trinajstić information content (AvgIpc) is 2.74. The molecule has 0 spiro atoms. The number of nitrogens with one attached hydrogen (secondary N) is 1. The Morgan fingerprint density at radius 3 is 2.35 bits per heavy atom. The molecule has 0 aromatic heterocycles. The third-order valence-electron chi connectivity index (χ3n) is 6.03. The first kappa shape index (κ1) is 28.2. The maximum Gasteiger partial charge on any atom is 0.161 e. The van der Waals surface area contributed by atoms with E-state index in [0.29, 0.717) is 18.3 Å². The Morgan fingerprint density at radius 2 is 1.74 bits per heavy atom. The average molecular weight is 479 g/mol. The second-order valence-corrected chi connectivity index (χ2v) is 8.47. The number of piperazine rings is 1. The van der Waals surface area contributed by atoms with Crippen LogP contribution in [0.4, 0.5) is 0 Å². The van der Waals surface area contributed by atoms with Crippen molar-refractivity contribution in [2.45, 2.75) is 31.5 Å². The molecule has 0 bridgehead atoms. The first-order valence-electron chi connectivity index (χ1n) is 10.8. The molecule has 0 saturated carbocycles. The number of likely N-dealkylation sites (tertiary alicyclic amines) is 1. The zero-order chi connectivity index (χ0) is 20.6. The molecule has 2 fully saturated rings. The summed E-state index contributed by atoms with van der Waals surface area (Å²) in [6.45, 7) is 8.14. The summed E-state index contributed by atoms with van der Waals surface area (Å²) in [5.74, 6) is 1.43. The van der Waals surface area contributed by atoms with Gasteiger partial charge in [-0.1, -0.05) is 6.07 Å². The van der Waals surface area contributed by atoms with Crippen molar-refractivity contribution in [2.75, 3.05) is 73.6 Å². The summed E-state index contributed by atoms with van der Waals surface area (Å²) in [4.78, 5) is 7.08. The quantitative estimate of drug-likeness (QED) is 0.559. The maximum absolute atomic E-state index is 10.4. The van der Waals surface area contributed by atoms with Gasteiger partial charge in [-0.25, -0.2) is 0 Å². The van der Waals surface area contributed by atoms with Crippen molar-refractivity contribution in [1.82, 2.24) is 20.0 Å². The molecule has 1 aromatic rings. The van der Waals surface area contributed by atoms with Gasteiger partial charge in [0.15, 0.2) is 11.5 Å². The van der Waals surface area contributed by atoms with Gasteiger partial charge in [-0.3, -0.25) is 4.90 Å². The van der Waals surface area contributed by atoms with Crippen molar-refractivity contribution in [3.63, 3.8) is 0 Å². The van der Waals surface area contributed by atoms with Crippen LogP contribution in [0.5, 0.6) is 11.5 Å². The highest BCUT2D eigenvalue weighted by atomic mass is 35.5. The van der Waals surface area contributed by atoms with E-state index >= 15 is 0 Å². The molecule has 0 radical (unpaired) electrons. The minimum atomic E-state index is -0.504. The molecule has 0 aliphatic carbocycles. The molecule has 1 unspecified atom stereocenters. The largest absolute Gasteiger partial charge is 0.493 e. The first-order chi connectivity index (χ1) is 14.0. The monoisotopic (exact) mass is 478 g/mol.